The number of halogens is 1. The lowest BCUT2D eigenvalue weighted by Crippen LogP contribution is -2.42. The molecule has 0 aromatic heterocycles. The zero-order valence-corrected chi connectivity index (χ0v) is 15.0. The Morgan fingerprint density at radius 2 is 1.75 bits per heavy atom. The summed E-state index contributed by atoms with van der Waals surface area (Å²) < 4.78 is 9.86. The number of carbonyl (C=O) groups is 3. The monoisotopic (exact) mass is 355 g/mol. The van der Waals surface area contributed by atoms with Crippen LogP contribution in [-0.2, 0) is 19.1 Å². The van der Waals surface area contributed by atoms with E-state index in [-0.39, 0.29) is 12.8 Å². The third-order valence-electron chi connectivity index (χ3n) is 2.95. The van der Waals surface area contributed by atoms with Gasteiger partial charge in [0.05, 0.1) is 7.11 Å². The molecule has 0 bridgehead atoms. The molecule has 6 nitrogen and oxygen atoms in total. The fourth-order valence-corrected chi connectivity index (χ4v) is 2.01. The highest BCUT2D eigenvalue weighted by atomic mass is 35.5. The van der Waals surface area contributed by atoms with Gasteiger partial charge in [-0.05, 0) is 51.5 Å². The van der Waals surface area contributed by atoms with Gasteiger partial charge in [0.25, 0.3) is 5.91 Å². The molecule has 1 aromatic rings. The van der Waals surface area contributed by atoms with Crippen LogP contribution in [0.3, 0.4) is 0 Å². The van der Waals surface area contributed by atoms with Crippen LogP contribution in [0.15, 0.2) is 24.3 Å². The van der Waals surface area contributed by atoms with Gasteiger partial charge in [0.15, 0.2) is 0 Å². The first kappa shape index (κ1) is 20.0. The number of methoxy groups -OCH3 is 1. The number of hydrogen-bond acceptors (Lipinski definition) is 5. The van der Waals surface area contributed by atoms with Crippen LogP contribution in [0.1, 0.15) is 44.0 Å². The van der Waals surface area contributed by atoms with E-state index in [1.165, 1.54) is 7.11 Å². The molecule has 1 rings (SSSR count). The first-order chi connectivity index (χ1) is 11.1. The SMILES string of the molecule is COC(=O)[C@H](CCC(=O)OC(C)(C)C)NC(=O)c1ccc(Cl)cc1. The summed E-state index contributed by atoms with van der Waals surface area (Å²) in [5.41, 5.74) is -0.254. The van der Waals surface area contributed by atoms with Crippen molar-refractivity contribution in [2.24, 2.45) is 0 Å². The first-order valence-corrected chi connectivity index (χ1v) is 7.86. The fraction of sp³-hybridized carbons (Fsp3) is 0.471. The van der Waals surface area contributed by atoms with Gasteiger partial charge >= 0.3 is 11.9 Å². The van der Waals surface area contributed by atoms with Gasteiger partial charge in [0.1, 0.15) is 11.6 Å². The molecule has 0 spiro atoms. The molecule has 0 aliphatic carbocycles. The van der Waals surface area contributed by atoms with E-state index in [1.54, 1.807) is 45.0 Å². The average molecular weight is 356 g/mol. The van der Waals surface area contributed by atoms with Gasteiger partial charge < -0.3 is 14.8 Å². The number of hydrogen-bond donors (Lipinski definition) is 1. The summed E-state index contributed by atoms with van der Waals surface area (Å²) in [5.74, 6) is -1.52. The summed E-state index contributed by atoms with van der Waals surface area (Å²) >= 11 is 5.78. The number of ether oxygens (including phenoxy) is 2. The van der Waals surface area contributed by atoms with Gasteiger partial charge in [-0.1, -0.05) is 11.6 Å². The quantitative estimate of drug-likeness (QED) is 0.793. The number of benzene rings is 1. The lowest BCUT2D eigenvalue weighted by molar-refractivity contribution is -0.155. The topological polar surface area (TPSA) is 81.7 Å². The Morgan fingerprint density at radius 1 is 1.17 bits per heavy atom. The average Bonchev–Trinajstić information content (AvgIpc) is 2.49. The molecule has 0 radical (unpaired) electrons. The Balaban J connectivity index is 2.68. The van der Waals surface area contributed by atoms with Gasteiger partial charge in [-0.15, -0.1) is 0 Å². The molecule has 0 aliphatic heterocycles. The largest absolute Gasteiger partial charge is 0.467 e. The summed E-state index contributed by atoms with van der Waals surface area (Å²) in [4.78, 5) is 35.8. The molecule has 1 N–H and O–H groups in total. The maximum atomic E-state index is 12.2. The van der Waals surface area contributed by atoms with E-state index in [0.29, 0.717) is 10.6 Å². The van der Waals surface area contributed by atoms with Crippen molar-refractivity contribution in [2.45, 2.75) is 45.3 Å². The van der Waals surface area contributed by atoms with Crippen LogP contribution >= 0.6 is 11.6 Å². The Morgan fingerprint density at radius 3 is 2.25 bits per heavy atom. The summed E-state index contributed by atoms with van der Waals surface area (Å²) in [5, 5.41) is 3.06. The molecular weight excluding hydrogens is 334 g/mol. The molecule has 24 heavy (non-hydrogen) atoms. The number of esters is 2. The number of amides is 1. The summed E-state index contributed by atoms with van der Waals surface area (Å²) in [7, 11) is 1.22. The zero-order chi connectivity index (χ0) is 18.3. The van der Waals surface area contributed by atoms with Gasteiger partial charge in [0.2, 0.25) is 0 Å². The van der Waals surface area contributed by atoms with Gasteiger partial charge in [-0.2, -0.15) is 0 Å². The third-order valence-corrected chi connectivity index (χ3v) is 3.21. The second-order valence-electron chi connectivity index (χ2n) is 6.18. The highest BCUT2D eigenvalue weighted by Gasteiger charge is 2.24. The maximum absolute atomic E-state index is 12.2. The van der Waals surface area contributed by atoms with Crippen LogP contribution in [0.5, 0.6) is 0 Å². The van der Waals surface area contributed by atoms with E-state index in [4.69, 9.17) is 16.3 Å². The van der Waals surface area contributed by atoms with Crippen LogP contribution in [0, 0.1) is 0 Å². The highest BCUT2D eigenvalue weighted by Crippen LogP contribution is 2.12. The summed E-state index contributed by atoms with van der Waals surface area (Å²) in [6.45, 7) is 5.26. The predicted molar refractivity (Wildman–Crippen MR) is 89.8 cm³/mol. The van der Waals surface area contributed by atoms with Crippen molar-refractivity contribution < 1.29 is 23.9 Å². The molecule has 0 aliphatic rings. The first-order valence-electron chi connectivity index (χ1n) is 7.48. The van der Waals surface area contributed by atoms with E-state index in [1.807, 2.05) is 0 Å². The van der Waals surface area contributed by atoms with Gasteiger partial charge in [-0.3, -0.25) is 9.59 Å². The molecule has 0 heterocycles. The van der Waals surface area contributed by atoms with Gasteiger partial charge in [0, 0.05) is 17.0 Å². The van der Waals surface area contributed by atoms with Crippen molar-refractivity contribution in [3.05, 3.63) is 34.9 Å². The molecule has 0 saturated carbocycles. The van der Waals surface area contributed by atoms with Crippen molar-refractivity contribution in [1.29, 1.82) is 0 Å². The Bertz CT molecular complexity index is 592. The summed E-state index contributed by atoms with van der Waals surface area (Å²) in [6, 6.07) is 5.29. The lowest BCUT2D eigenvalue weighted by Gasteiger charge is -2.21. The Hall–Kier alpha value is -2.08. The smallest absolute Gasteiger partial charge is 0.328 e. The van der Waals surface area contributed by atoms with E-state index in [9.17, 15) is 14.4 Å². The van der Waals surface area contributed by atoms with E-state index < -0.39 is 29.5 Å². The standard InChI is InChI=1S/C17H22ClNO5/c1-17(2,3)24-14(20)10-9-13(16(22)23-4)19-15(21)11-5-7-12(18)8-6-11/h5-8,13H,9-10H2,1-4H3,(H,19,21)/t13-/m0/s1. The molecular formula is C17H22ClNO5. The number of carbonyl (C=O) groups excluding carboxylic acids is 3. The molecule has 7 heteroatoms. The molecule has 1 amide bonds. The normalized spacial score (nSPS) is 12.2. The molecule has 0 saturated heterocycles. The third kappa shape index (κ3) is 7.00. The minimum absolute atomic E-state index is 0.0159. The van der Waals surface area contributed by atoms with Crippen LogP contribution in [0.4, 0.5) is 0 Å². The van der Waals surface area contributed by atoms with E-state index in [2.05, 4.69) is 10.1 Å². The Labute approximate surface area is 146 Å². The van der Waals surface area contributed by atoms with E-state index >= 15 is 0 Å². The molecule has 132 valence electrons. The number of rotatable bonds is 6. The highest BCUT2D eigenvalue weighted by molar-refractivity contribution is 6.30. The molecule has 0 unspecified atom stereocenters. The van der Waals surface area contributed by atoms with Crippen LogP contribution in [0.25, 0.3) is 0 Å². The van der Waals surface area contributed by atoms with Crippen molar-refractivity contribution in [2.75, 3.05) is 7.11 Å². The molecule has 0 fully saturated rings. The van der Waals surface area contributed by atoms with Crippen molar-refractivity contribution in [1.82, 2.24) is 5.32 Å². The van der Waals surface area contributed by atoms with Crippen molar-refractivity contribution >= 4 is 29.4 Å². The second-order valence-corrected chi connectivity index (χ2v) is 6.62. The number of nitrogens with one attached hydrogen (secondary N) is 1. The second kappa shape index (κ2) is 8.68. The van der Waals surface area contributed by atoms with Crippen molar-refractivity contribution in [3.8, 4) is 0 Å². The molecule has 1 aromatic carbocycles. The van der Waals surface area contributed by atoms with Crippen molar-refractivity contribution in [3.63, 3.8) is 0 Å². The Kier molecular flexibility index (Phi) is 7.22. The van der Waals surface area contributed by atoms with Crippen LogP contribution < -0.4 is 5.32 Å². The maximum Gasteiger partial charge on any atom is 0.328 e. The summed E-state index contributed by atoms with van der Waals surface area (Å²) in [6.07, 6.45) is 0.0683. The minimum Gasteiger partial charge on any atom is -0.467 e. The molecule has 1 atom stereocenters. The van der Waals surface area contributed by atoms with Gasteiger partial charge in [-0.25, -0.2) is 4.79 Å². The van der Waals surface area contributed by atoms with E-state index in [0.717, 1.165) is 0 Å². The zero-order valence-electron chi connectivity index (χ0n) is 14.2. The van der Waals surface area contributed by atoms with Crippen LogP contribution in [0.2, 0.25) is 5.02 Å². The lowest BCUT2D eigenvalue weighted by atomic mass is 10.1. The fourth-order valence-electron chi connectivity index (χ4n) is 1.89. The van der Waals surface area contributed by atoms with Crippen LogP contribution in [-0.4, -0.2) is 36.6 Å². The minimum atomic E-state index is -0.939. The predicted octanol–water partition coefficient (Wildman–Crippen LogP) is 2.73.